The van der Waals surface area contributed by atoms with Gasteiger partial charge < -0.3 is 0 Å². The molecule has 0 N–H and O–H groups in total. The predicted molar refractivity (Wildman–Crippen MR) is 148 cm³/mol. The molecule has 2 rings (SSSR count). The summed E-state index contributed by atoms with van der Waals surface area (Å²) in [4.78, 5) is 18.4. The van der Waals surface area contributed by atoms with E-state index in [2.05, 4.69) is 67.8 Å². The van der Waals surface area contributed by atoms with E-state index in [1.807, 2.05) is 20.8 Å². The third-order valence-electron chi connectivity index (χ3n) is 7.66. The molecular formula is C29H52N2O2Sn. The number of piperazine rings is 1. The number of benzene rings is 1. The maximum absolute atomic E-state index is 13.6. The van der Waals surface area contributed by atoms with E-state index in [1.54, 1.807) is 0 Å². The summed E-state index contributed by atoms with van der Waals surface area (Å²) < 4.78 is 10.6. The van der Waals surface area contributed by atoms with E-state index in [4.69, 9.17) is 4.74 Å². The molecule has 1 heterocycles. The van der Waals surface area contributed by atoms with Gasteiger partial charge in [-0.15, -0.1) is 0 Å². The number of carbonyl (C=O) groups excluding carboxylic acids is 1. The van der Waals surface area contributed by atoms with Crippen LogP contribution in [0.15, 0.2) is 30.3 Å². The molecule has 0 bridgehead atoms. The van der Waals surface area contributed by atoms with Crippen molar-refractivity contribution >= 4 is 24.5 Å². The Morgan fingerprint density at radius 2 is 1.50 bits per heavy atom. The topological polar surface area (TPSA) is 32.8 Å². The van der Waals surface area contributed by atoms with Gasteiger partial charge in [0.15, 0.2) is 0 Å². The van der Waals surface area contributed by atoms with E-state index >= 15 is 0 Å². The zero-order chi connectivity index (χ0) is 25.2. The van der Waals surface area contributed by atoms with Gasteiger partial charge in [0.2, 0.25) is 0 Å². The molecule has 0 aliphatic carbocycles. The Hall–Kier alpha value is -0.751. The molecule has 1 aromatic rings. The Morgan fingerprint density at radius 1 is 0.971 bits per heavy atom. The van der Waals surface area contributed by atoms with Gasteiger partial charge in [-0.3, -0.25) is 0 Å². The van der Waals surface area contributed by atoms with Gasteiger partial charge >= 0.3 is 215 Å². The average molecular weight is 579 g/mol. The molecule has 34 heavy (non-hydrogen) atoms. The van der Waals surface area contributed by atoms with Gasteiger partial charge in [-0.05, 0) is 0 Å². The zero-order valence-electron chi connectivity index (χ0n) is 23.2. The summed E-state index contributed by atoms with van der Waals surface area (Å²) in [6.07, 6.45) is 7.62. The minimum absolute atomic E-state index is 0.0740. The van der Waals surface area contributed by atoms with Crippen LogP contribution in [0.2, 0.25) is 13.3 Å². The summed E-state index contributed by atoms with van der Waals surface area (Å²) in [6, 6.07) is 11.3. The summed E-state index contributed by atoms with van der Waals surface area (Å²) in [6.45, 7) is 18.0. The van der Waals surface area contributed by atoms with Crippen LogP contribution in [0.3, 0.4) is 0 Å². The molecular weight excluding hydrogens is 527 g/mol. The molecule has 0 unspecified atom stereocenters. The second kappa shape index (κ2) is 14.1. The van der Waals surface area contributed by atoms with Crippen molar-refractivity contribution in [2.24, 2.45) is 0 Å². The number of ether oxygens (including phenoxy) is 1. The standard InChI is InChI=1S/C17H25N2O2.3C4H9.Sn/c1-14(15-8-6-5-7-9-15)18-10-12-19(13-11-18)16(20)21-17(2,3)4;3*1-3-4-2;/h5-9,12,14H,10-11,13H2,1-4H3;3*1,3-4H2,2H3;/t14-;;;;/m0..../s1. The van der Waals surface area contributed by atoms with Crippen LogP contribution < -0.4 is 0 Å². The summed E-state index contributed by atoms with van der Waals surface area (Å²) in [7, 11) is 0. The first-order valence-electron chi connectivity index (χ1n) is 14.0. The maximum atomic E-state index is 13.6. The van der Waals surface area contributed by atoms with Crippen LogP contribution in [0, 0.1) is 0 Å². The molecule has 5 heteroatoms. The first kappa shape index (κ1) is 29.5. The van der Waals surface area contributed by atoms with Crippen LogP contribution in [-0.2, 0) is 4.74 Å². The van der Waals surface area contributed by atoms with Gasteiger partial charge in [-0.1, -0.05) is 0 Å². The molecule has 0 aromatic heterocycles. The molecule has 1 aliphatic rings. The van der Waals surface area contributed by atoms with E-state index in [0.29, 0.717) is 10.1 Å². The van der Waals surface area contributed by atoms with Crippen molar-refractivity contribution in [2.45, 2.75) is 116 Å². The number of carbonyl (C=O) groups is 1. The van der Waals surface area contributed by atoms with E-state index in [-0.39, 0.29) is 6.09 Å². The molecule has 1 amide bonds. The van der Waals surface area contributed by atoms with Crippen molar-refractivity contribution in [3.8, 4) is 0 Å². The molecule has 0 radical (unpaired) electrons. The second-order valence-electron chi connectivity index (χ2n) is 11.4. The van der Waals surface area contributed by atoms with Crippen LogP contribution in [0.4, 0.5) is 4.79 Å². The van der Waals surface area contributed by atoms with Crippen molar-refractivity contribution in [1.82, 2.24) is 9.80 Å². The van der Waals surface area contributed by atoms with Gasteiger partial charge in [-0.25, -0.2) is 0 Å². The van der Waals surface area contributed by atoms with Gasteiger partial charge in [-0.2, -0.15) is 0 Å². The SMILES string of the molecule is CCC[CH2][Sn]([CH2]CCC)([CH2]CCC)[C@@H]1CN([C@@H](C)c2ccccc2)CCN1C(=O)OC(C)(C)C. The third-order valence-corrected chi connectivity index (χ3v) is 24.7. The first-order chi connectivity index (χ1) is 16.2. The normalized spacial score (nSPS) is 18.7. The van der Waals surface area contributed by atoms with Crippen molar-refractivity contribution in [1.29, 1.82) is 0 Å². The zero-order valence-corrected chi connectivity index (χ0v) is 26.1. The number of nitrogens with zero attached hydrogens (tertiary/aromatic N) is 2. The molecule has 4 nitrogen and oxygen atoms in total. The Morgan fingerprint density at radius 3 is 1.97 bits per heavy atom. The third kappa shape index (κ3) is 8.43. The van der Waals surface area contributed by atoms with Gasteiger partial charge in [0.05, 0.1) is 0 Å². The number of rotatable bonds is 12. The van der Waals surface area contributed by atoms with E-state index < -0.39 is 24.0 Å². The number of amides is 1. The van der Waals surface area contributed by atoms with Crippen molar-refractivity contribution in [3.63, 3.8) is 0 Å². The molecule has 2 atom stereocenters. The molecule has 1 fully saturated rings. The van der Waals surface area contributed by atoms with Gasteiger partial charge in [0.1, 0.15) is 0 Å². The van der Waals surface area contributed by atoms with E-state index in [0.717, 1.165) is 19.6 Å². The quantitative estimate of drug-likeness (QED) is 0.235. The molecule has 0 saturated carbocycles. The summed E-state index contributed by atoms with van der Waals surface area (Å²) in [5, 5.41) is 0. The molecule has 1 saturated heterocycles. The fraction of sp³-hybridized carbons (Fsp3) is 0.759. The molecule has 194 valence electrons. The number of hydrogen-bond donors (Lipinski definition) is 0. The van der Waals surface area contributed by atoms with E-state index in [1.165, 1.54) is 57.4 Å². The Balaban J connectivity index is 2.44. The van der Waals surface area contributed by atoms with Crippen molar-refractivity contribution in [2.75, 3.05) is 19.6 Å². The summed E-state index contributed by atoms with van der Waals surface area (Å²) in [5.41, 5.74) is 0.924. The monoisotopic (exact) mass is 580 g/mol. The first-order valence-corrected chi connectivity index (χ1v) is 21.7. The second-order valence-corrected chi connectivity index (χ2v) is 25.4. The fourth-order valence-corrected chi connectivity index (χ4v) is 24.0. The van der Waals surface area contributed by atoms with Gasteiger partial charge in [0.25, 0.3) is 0 Å². The Bertz CT molecular complexity index is 697. The fourth-order valence-electron chi connectivity index (χ4n) is 5.62. The predicted octanol–water partition coefficient (Wildman–Crippen LogP) is 8.06. The Kier molecular flexibility index (Phi) is 12.2. The van der Waals surface area contributed by atoms with E-state index in [9.17, 15) is 4.79 Å². The average Bonchev–Trinajstić information content (AvgIpc) is 2.82. The van der Waals surface area contributed by atoms with Crippen LogP contribution in [-0.4, -0.2) is 63.6 Å². The van der Waals surface area contributed by atoms with Crippen LogP contribution >= 0.6 is 0 Å². The molecule has 0 spiro atoms. The molecule has 1 aliphatic heterocycles. The minimum atomic E-state index is -2.74. The summed E-state index contributed by atoms with van der Waals surface area (Å²) in [5.74, 6) is 0. The molecule has 1 aromatic carbocycles. The van der Waals surface area contributed by atoms with Crippen LogP contribution in [0.25, 0.3) is 0 Å². The Labute approximate surface area is 214 Å². The van der Waals surface area contributed by atoms with Crippen molar-refractivity contribution in [3.05, 3.63) is 35.9 Å². The number of unbranched alkanes of at least 4 members (excludes halogenated alkanes) is 3. The number of hydrogen-bond acceptors (Lipinski definition) is 3. The van der Waals surface area contributed by atoms with Gasteiger partial charge in [0, 0.05) is 0 Å². The van der Waals surface area contributed by atoms with Crippen LogP contribution in [0.1, 0.15) is 98.6 Å². The summed E-state index contributed by atoms with van der Waals surface area (Å²) >= 11 is -2.74. The van der Waals surface area contributed by atoms with Crippen LogP contribution in [0.5, 0.6) is 0 Å². The van der Waals surface area contributed by atoms with Crippen molar-refractivity contribution < 1.29 is 9.53 Å².